The highest BCUT2D eigenvalue weighted by Crippen LogP contribution is 2.34. The zero-order valence-electron chi connectivity index (χ0n) is 16.9. The summed E-state index contributed by atoms with van der Waals surface area (Å²) in [5.74, 6) is 0.737. The Morgan fingerprint density at radius 2 is 1.97 bits per heavy atom. The van der Waals surface area contributed by atoms with E-state index in [4.69, 9.17) is 9.47 Å². The predicted molar refractivity (Wildman–Crippen MR) is 111 cm³/mol. The van der Waals surface area contributed by atoms with Gasteiger partial charge in [-0.1, -0.05) is 6.07 Å². The predicted octanol–water partition coefficient (Wildman–Crippen LogP) is 2.12. The Balaban J connectivity index is 1.86. The van der Waals surface area contributed by atoms with Crippen molar-refractivity contribution in [2.24, 2.45) is 4.99 Å². The molecule has 0 saturated carbocycles. The van der Waals surface area contributed by atoms with Gasteiger partial charge in [-0.15, -0.1) is 0 Å². The first kappa shape index (κ1) is 20.2. The van der Waals surface area contributed by atoms with Crippen LogP contribution < -0.4 is 25.0 Å². The molecule has 2 aromatic carbocycles. The van der Waals surface area contributed by atoms with Gasteiger partial charge in [-0.3, -0.25) is 20.2 Å². The highest BCUT2D eigenvalue weighted by Gasteiger charge is 2.26. The third-order valence-corrected chi connectivity index (χ3v) is 4.57. The number of rotatable bonds is 5. The van der Waals surface area contributed by atoms with Crippen LogP contribution in [0.25, 0.3) is 0 Å². The highest BCUT2D eigenvalue weighted by molar-refractivity contribution is 6.10. The monoisotopic (exact) mass is 396 g/mol. The van der Waals surface area contributed by atoms with E-state index >= 15 is 0 Å². The molecule has 8 heteroatoms. The number of benzene rings is 2. The minimum atomic E-state index is -0.503. The molecule has 0 radical (unpaired) electrons. The summed E-state index contributed by atoms with van der Waals surface area (Å²) in [5.41, 5.74) is 2.07. The summed E-state index contributed by atoms with van der Waals surface area (Å²) >= 11 is 0. The molecule has 1 unspecified atom stereocenters. The fourth-order valence-corrected chi connectivity index (χ4v) is 3.04. The van der Waals surface area contributed by atoms with Gasteiger partial charge >= 0.3 is 0 Å². The molecule has 1 heterocycles. The first-order valence-electron chi connectivity index (χ1n) is 9.09. The average Bonchev–Trinajstić information content (AvgIpc) is 2.72. The number of hydrogen-bond acceptors (Lipinski definition) is 6. The van der Waals surface area contributed by atoms with Gasteiger partial charge in [0, 0.05) is 30.9 Å². The number of aliphatic imine (C=N–C) groups is 1. The van der Waals surface area contributed by atoms with Crippen molar-refractivity contribution in [3.05, 3.63) is 53.6 Å². The molecule has 0 saturated heterocycles. The molecule has 3 rings (SSSR count). The minimum absolute atomic E-state index is 0.108. The Labute approximate surface area is 169 Å². The van der Waals surface area contributed by atoms with Crippen molar-refractivity contribution in [3.63, 3.8) is 0 Å². The summed E-state index contributed by atoms with van der Waals surface area (Å²) in [6.07, 6.45) is 0.138. The molecular weight excluding hydrogens is 372 g/mol. The molecule has 2 amide bonds. The number of hydrogen-bond donors (Lipinski definition) is 2. The lowest BCUT2D eigenvalue weighted by atomic mass is 10.0. The largest absolute Gasteiger partial charge is 0.497 e. The number of guanidine groups is 1. The standard InChI is InChI=1S/C21H24N4O4/c1-25(2)14-7-5-6-13(10-14)20(27)24-21-22-17(12-19(26)23-21)16-11-15(28-3)8-9-18(16)29-4/h5-11,17H,12H2,1-4H3,(H2,22,23,24,26,27). The smallest absolute Gasteiger partial charge is 0.258 e. The molecule has 152 valence electrons. The lowest BCUT2D eigenvalue weighted by Gasteiger charge is -2.23. The quantitative estimate of drug-likeness (QED) is 0.808. The number of carbonyl (C=O) groups is 2. The summed E-state index contributed by atoms with van der Waals surface area (Å²) < 4.78 is 10.7. The van der Waals surface area contributed by atoms with Crippen molar-refractivity contribution < 1.29 is 19.1 Å². The van der Waals surface area contributed by atoms with Crippen LogP contribution in [0.4, 0.5) is 5.69 Å². The van der Waals surface area contributed by atoms with Crippen LogP contribution in [0.15, 0.2) is 47.5 Å². The summed E-state index contributed by atoms with van der Waals surface area (Å²) in [4.78, 5) is 31.3. The van der Waals surface area contributed by atoms with Crippen molar-refractivity contribution >= 4 is 23.5 Å². The van der Waals surface area contributed by atoms with Crippen LogP contribution in [0.5, 0.6) is 11.5 Å². The number of nitrogens with one attached hydrogen (secondary N) is 2. The third-order valence-electron chi connectivity index (χ3n) is 4.57. The van der Waals surface area contributed by atoms with Gasteiger partial charge in [-0.25, -0.2) is 4.99 Å². The van der Waals surface area contributed by atoms with Gasteiger partial charge in [-0.05, 0) is 36.4 Å². The second kappa shape index (κ2) is 8.64. The van der Waals surface area contributed by atoms with E-state index in [0.717, 1.165) is 5.69 Å². The Hall–Kier alpha value is -3.55. The van der Waals surface area contributed by atoms with Crippen LogP contribution in [0.1, 0.15) is 28.4 Å². The second-order valence-corrected chi connectivity index (χ2v) is 6.75. The van der Waals surface area contributed by atoms with E-state index in [9.17, 15) is 9.59 Å². The van der Waals surface area contributed by atoms with Crippen LogP contribution in [0, 0.1) is 0 Å². The molecule has 0 aromatic heterocycles. The van der Waals surface area contributed by atoms with E-state index in [-0.39, 0.29) is 24.2 Å². The van der Waals surface area contributed by atoms with Crippen LogP contribution in [-0.4, -0.2) is 46.1 Å². The lowest BCUT2D eigenvalue weighted by Crippen LogP contribution is -2.47. The van der Waals surface area contributed by atoms with Gasteiger partial charge in [0.05, 0.1) is 26.7 Å². The van der Waals surface area contributed by atoms with Crippen molar-refractivity contribution in [1.29, 1.82) is 0 Å². The van der Waals surface area contributed by atoms with Crippen molar-refractivity contribution in [1.82, 2.24) is 10.6 Å². The van der Waals surface area contributed by atoms with Gasteiger partial charge in [0.1, 0.15) is 11.5 Å². The number of ether oxygens (including phenoxy) is 2. The lowest BCUT2D eigenvalue weighted by molar-refractivity contribution is -0.120. The Kier molecular flexibility index (Phi) is 6.01. The SMILES string of the molecule is COc1ccc(OC)c(C2CC(=O)NC(NC(=O)c3cccc(N(C)C)c3)=N2)c1. The molecule has 2 aromatic rings. The zero-order valence-corrected chi connectivity index (χ0v) is 16.9. The number of methoxy groups -OCH3 is 2. The number of anilines is 1. The molecule has 0 aliphatic carbocycles. The molecule has 0 spiro atoms. The van der Waals surface area contributed by atoms with Crippen LogP contribution in [-0.2, 0) is 4.79 Å². The Morgan fingerprint density at radius 3 is 2.66 bits per heavy atom. The van der Waals surface area contributed by atoms with E-state index in [1.54, 1.807) is 50.6 Å². The van der Waals surface area contributed by atoms with Crippen LogP contribution in [0.2, 0.25) is 0 Å². The molecular formula is C21H24N4O4. The fraction of sp³-hybridized carbons (Fsp3) is 0.286. The van der Waals surface area contributed by atoms with Gasteiger partial charge in [0.25, 0.3) is 5.91 Å². The van der Waals surface area contributed by atoms with E-state index in [0.29, 0.717) is 22.6 Å². The highest BCUT2D eigenvalue weighted by atomic mass is 16.5. The second-order valence-electron chi connectivity index (χ2n) is 6.75. The first-order chi connectivity index (χ1) is 13.9. The van der Waals surface area contributed by atoms with Crippen molar-refractivity contribution in [3.8, 4) is 11.5 Å². The maximum absolute atomic E-state index is 12.7. The van der Waals surface area contributed by atoms with Gasteiger partial charge < -0.3 is 14.4 Å². The van der Waals surface area contributed by atoms with Crippen LogP contribution >= 0.6 is 0 Å². The molecule has 0 bridgehead atoms. The molecule has 1 aliphatic heterocycles. The molecule has 0 fully saturated rings. The van der Waals surface area contributed by atoms with Gasteiger partial charge in [0.15, 0.2) is 0 Å². The summed E-state index contributed by atoms with van der Waals surface area (Å²) in [6, 6.07) is 12.0. The summed E-state index contributed by atoms with van der Waals surface area (Å²) in [6.45, 7) is 0. The normalized spacial score (nSPS) is 15.8. The molecule has 8 nitrogen and oxygen atoms in total. The maximum Gasteiger partial charge on any atom is 0.258 e. The Morgan fingerprint density at radius 1 is 1.17 bits per heavy atom. The van der Waals surface area contributed by atoms with Crippen LogP contribution in [0.3, 0.4) is 0 Å². The first-order valence-corrected chi connectivity index (χ1v) is 9.09. The fourth-order valence-electron chi connectivity index (χ4n) is 3.04. The number of nitrogens with zero attached hydrogens (tertiary/aromatic N) is 2. The van der Waals surface area contributed by atoms with E-state index < -0.39 is 6.04 Å². The minimum Gasteiger partial charge on any atom is -0.497 e. The van der Waals surface area contributed by atoms with Gasteiger partial charge in [-0.2, -0.15) is 0 Å². The van der Waals surface area contributed by atoms with Gasteiger partial charge in [0.2, 0.25) is 11.9 Å². The van der Waals surface area contributed by atoms with E-state index in [1.807, 2.05) is 25.1 Å². The number of amides is 2. The molecule has 1 aliphatic rings. The molecule has 29 heavy (non-hydrogen) atoms. The van der Waals surface area contributed by atoms with E-state index in [2.05, 4.69) is 15.6 Å². The zero-order chi connectivity index (χ0) is 21.0. The van der Waals surface area contributed by atoms with Crippen molar-refractivity contribution in [2.75, 3.05) is 33.2 Å². The third kappa shape index (κ3) is 4.66. The van der Waals surface area contributed by atoms with E-state index in [1.165, 1.54) is 0 Å². The summed E-state index contributed by atoms with van der Waals surface area (Å²) in [5, 5.41) is 5.30. The number of carbonyl (C=O) groups excluding carboxylic acids is 2. The molecule has 2 N–H and O–H groups in total. The Bertz CT molecular complexity index is 955. The summed E-state index contributed by atoms with van der Waals surface area (Å²) in [7, 11) is 6.91. The average molecular weight is 396 g/mol. The maximum atomic E-state index is 12.7. The van der Waals surface area contributed by atoms with Crippen molar-refractivity contribution in [2.45, 2.75) is 12.5 Å². The topological polar surface area (TPSA) is 92.3 Å². The molecule has 1 atom stereocenters.